The van der Waals surface area contributed by atoms with Gasteiger partial charge in [0, 0.05) is 19.4 Å². The standard InChI is InChI=1S/C15H16FN3O2/c16-13-6-2-1-5-11(13)9-12(20)10-19-15(21)18-8-4-3-7-14(18)17-19/h1-2,5-6H,3-4,7-10H2. The average Bonchev–Trinajstić information content (AvgIpc) is 2.78. The number of hydrogen-bond donors (Lipinski definition) is 0. The second kappa shape index (κ2) is 5.63. The van der Waals surface area contributed by atoms with Gasteiger partial charge in [0.2, 0.25) is 0 Å². The molecule has 0 fully saturated rings. The zero-order valence-corrected chi connectivity index (χ0v) is 11.6. The van der Waals surface area contributed by atoms with Crippen LogP contribution < -0.4 is 5.69 Å². The molecule has 1 aliphatic heterocycles. The van der Waals surface area contributed by atoms with E-state index in [9.17, 15) is 14.0 Å². The summed E-state index contributed by atoms with van der Waals surface area (Å²) >= 11 is 0. The molecule has 0 bridgehead atoms. The minimum Gasteiger partial charge on any atom is -0.297 e. The minimum atomic E-state index is -0.401. The maximum Gasteiger partial charge on any atom is 0.346 e. The van der Waals surface area contributed by atoms with E-state index in [0.717, 1.165) is 25.1 Å². The molecule has 0 atom stereocenters. The van der Waals surface area contributed by atoms with Crippen molar-refractivity contribution in [2.24, 2.45) is 0 Å². The van der Waals surface area contributed by atoms with Gasteiger partial charge in [-0.1, -0.05) is 18.2 Å². The maximum atomic E-state index is 13.5. The van der Waals surface area contributed by atoms with E-state index in [1.54, 1.807) is 22.8 Å². The molecule has 1 aliphatic rings. The molecule has 0 saturated heterocycles. The zero-order valence-electron chi connectivity index (χ0n) is 11.6. The fourth-order valence-corrected chi connectivity index (χ4v) is 2.63. The lowest BCUT2D eigenvalue weighted by Gasteiger charge is -2.09. The highest BCUT2D eigenvalue weighted by molar-refractivity contribution is 5.80. The molecule has 5 nitrogen and oxygen atoms in total. The smallest absolute Gasteiger partial charge is 0.297 e. The Kier molecular flexibility index (Phi) is 3.68. The van der Waals surface area contributed by atoms with Crippen LogP contribution in [0.25, 0.3) is 0 Å². The van der Waals surface area contributed by atoms with Gasteiger partial charge in [0.15, 0.2) is 5.78 Å². The summed E-state index contributed by atoms with van der Waals surface area (Å²) in [6.07, 6.45) is 2.71. The topological polar surface area (TPSA) is 56.9 Å². The lowest BCUT2D eigenvalue weighted by Crippen LogP contribution is -2.29. The van der Waals surface area contributed by atoms with Crippen LogP contribution in [0.1, 0.15) is 24.2 Å². The van der Waals surface area contributed by atoms with E-state index >= 15 is 0 Å². The van der Waals surface area contributed by atoms with Crippen LogP contribution in [0.2, 0.25) is 0 Å². The van der Waals surface area contributed by atoms with Crippen molar-refractivity contribution in [3.05, 3.63) is 52.0 Å². The fraction of sp³-hybridized carbons (Fsp3) is 0.400. The normalized spacial score (nSPS) is 14.0. The number of benzene rings is 1. The summed E-state index contributed by atoms with van der Waals surface area (Å²) in [4.78, 5) is 24.1. The number of rotatable bonds is 4. The third kappa shape index (κ3) is 2.79. The Morgan fingerprint density at radius 3 is 2.86 bits per heavy atom. The molecule has 0 unspecified atom stereocenters. The molecule has 1 aromatic heterocycles. The van der Waals surface area contributed by atoms with Gasteiger partial charge >= 0.3 is 5.69 Å². The van der Waals surface area contributed by atoms with E-state index in [4.69, 9.17) is 0 Å². The summed E-state index contributed by atoms with van der Waals surface area (Å²) < 4.78 is 16.3. The van der Waals surface area contributed by atoms with E-state index in [0.29, 0.717) is 12.1 Å². The molecular formula is C15H16FN3O2. The summed E-state index contributed by atoms with van der Waals surface area (Å²) in [6.45, 7) is 0.558. The second-order valence-electron chi connectivity index (χ2n) is 5.27. The van der Waals surface area contributed by atoms with Crippen LogP contribution in [0.5, 0.6) is 0 Å². The van der Waals surface area contributed by atoms with Crippen molar-refractivity contribution in [3.8, 4) is 0 Å². The van der Waals surface area contributed by atoms with E-state index in [1.807, 2.05) is 0 Å². The lowest BCUT2D eigenvalue weighted by atomic mass is 10.1. The first-order valence-corrected chi connectivity index (χ1v) is 7.07. The molecule has 0 radical (unpaired) electrons. The van der Waals surface area contributed by atoms with Gasteiger partial charge in [-0.3, -0.25) is 9.36 Å². The number of aromatic nitrogens is 3. The van der Waals surface area contributed by atoms with Gasteiger partial charge in [-0.2, -0.15) is 5.10 Å². The molecule has 2 heterocycles. The highest BCUT2D eigenvalue weighted by atomic mass is 19.1. The predicted molar refractivity (Wildman–Crippen MR) is 74.5 cm³/mol. The summed E-state index contributed by atoms with van der Waals surface area (Å²) in [7, 11) is 0. The largest absolute Gasteiger partial charge is 0.346 e. The number of carbonyl (C=O) groups is 1. The number of halogens is 1. The number of aryl methyl sites for hydroxylation is 1. The number of ketones is 1. The van der Waals surface area contributed by atoms with E-state index in [1.165, 1.54) is 10.7 Å². The molecule has 21 heavy (non-hydrogen) atoms. The summed E-state index contributed by atoms with van der Waals surface area (Å²) in [5.74, 6) is 0.116. The van der Waals surface area contributed by atoms with Crippen LogP contribution in [0, 0.1) is 5.82 Å². The van der Waals surface area contributed by atoms with Crippen molar-refractivity contribution in [2.45, 2.75) is 38.8 Å². The number of hydrogen-bond acceptors (Lipinski definition) is 3. The van der Waals surface area contributed by atoms with Crippen molar-refractivity contribution in [1.29, 1.82) is 0 Å². The summed E-state index contributed by atoms with van der Waals surface area (Å²) in [5.41, 5.74) is 0.103. The Morgan fingerprint density at radius 2 is 2.10 bits per heavy atom. The van der Waals surface area contributed by atoms with Crippen molar-refractivity contribution in [1.82, 2.24) is 14.3 Å². The quantitative estimate of drug-likeness (QED) is 0.853. The SMILES string of the molecule is O=C(Cc1ccccc1F)Cn1nc2n(c1=O)CCCC2. The molecule has 2 aromatic rings. The van der Waals surface area contributed by atoms with Crippen LogP contribution in [0.4, 0.5) is 4.39 Å². The Labute approximate surface area is 121 Å². The Balaban J connectivity index is 1.75. The first-order valence-electron chi connectivity index (χ1n) is 7.07. The first-order chi connectivity index (χ1) is 10.1. The zero-order chi connectivity index (χ0) is 14.8. The van der Waals surface area contributed by atoms with Crippen LogP contribution >= 0.6 is 0 Å². The molecular weight excluding hydrogens is 273 g/mol. The average molecular weight is 289 g/mol. The van der Waals surface area contributed by atoms with Gasteiger partial charge in [0.05, 0.1) is 0 Å². The first kappa shape index (κ1) is 13.7. The van der Waals surface area contributed by atoms with Crippen LogP contribution in [0.15, 0.2) is 29.1 Å². The van der Waals surface area contributed by atoms with E-state index in [-0.39, 0.29) is 24.4 Å². The monoisotopic (exact) mass is 289 g/mol. The predicted octanol–water partition coefficient (Wildman–Crippen LogP) is 1.33. The van der Waals surface area contributed by atoms with Gasteiger partial charge in [0.1, 0.15) is 18.2 Å². The summed E-state index contributed by atoms with van der Waals surface area (Å²) in [6, 6.07) is 6.17. The Morgan fingerprint density at radius 1 is 1.29 bits per heavy atom. The van der Waals surface area contributed by atoms with Crippen molar-refractivity contribution >= 4 is 5.78 Å². The van der Waals surface area contributed by atoms with Crippen LogP contribution in [-0.2, 0) is 30.7 Å². The fourth-order valence-electron chi connectivity index (χ4n) is 2.63. The van der Waals surface area contributed by atoms with Crippen molar-refractivity contribution in [3.63, 3.8) is 0 Å². The third-order valence-corrected chi connectivity index (χ3v) is 3.70. The Bertz CT molecular complexity index is 733. The van der Waals surface area contributed by atoms with E-state index < -0.39 is 5.82 Å². The van der Waals surface area contributed by atoms with Gasteiger partial charge in [0.25, 0.3) is 0 Å². The van der Waals surface area contributed by atoms with Crippen molar-refractivity contribution < 1.29 is 9.18 Å². The van der Waals surface area contributed by atoms with Crippen LogP contribution in [-0.4, -0.2) is 20.1 Å². The molecule has 0 amide bonds. The highest BCUT2D eigenvalue weighted by Gasteiger charge is 2.18. The van der Waals surface area contributed by atoms with E-state index in [2.05, 4.69) is 5.10 Å². The van der Waals surface area contributed by atoms with Gasteiger partial charge < -0.3 is 0 Å². The number of fused-ring (bicyclic) bond motifs is 1. The van der Waals surface area contributed by atoms with Gasteiger partial charge in [-0.05, 0) is 24.5 Å². The molecule has 0 saturated carbocycles. The molecule has 0 aliphatic carbocycles. The van der Waals surface area contributed by atoms with Gasteiger partial charge in [-0.15, -0.1) is 0 Å². The second-order valence-corrected chi connectivity index (χ2v) is 5.27. The number of Topliss-reactive ketones (excluding diaryl/α,β-unsaturated/α-hetero) is 1. The maximum absolute atomic E-state index is 13.5. The molecule has 6 heteroatoms. The van der Waals surface area contributed by atoms with Crippen molar-refractivity contribution in [2.75, 3.05) is 0 Å². The van der Waals surface area contributed by atoms with Crippen LogP contribution in [0.3, 0.4) is 0 Å². The highest BCUT2D eigenvalue weighted by Crippen LogP contribution is 2.10. The van der Waals surface area contributed by atoms with Gasteiger partial charge in [-0.25, -0.2) is 13.9 Å². The molecule has 3 rings (SSSR count). The molecule has 0 spiro atoms. The lowest BCUT2D eigenvalue weighted by molar-refractivity contribution is -0.119. The third-order valence-electron chi connectivity index (χ3n) is 3.70. The minimum absolute atomic E-state index is 0.0265. The molecule has 0 N–H and O–H groups in total. The Hall–Kier alpha value is -2.24. The summed E-state index contributed by atoms with van der Waals surface area (Å²) in [5, 5.41) is 4.21. The number of carbonyl (C=O) groups excluding carboxylic acids is 1. The molecule has 1 aromatic carbocycles. The molecule has 110 valence electrons. The number of nitrogens with zero attached hydrogens (tertiary/aromatic N) is 3.